The lowest BCUT2D eigenvalue weighted by molar-refractivity contribution is 0.687. The maximum Gasteiger partial charge on any atom is 0.179 e. The van der Waals surface area contributed by atoms with Crippen LogP contribution < -0.4 is 5.32 Å². The Labute approximate surface area is 115 Å². The van der Waals surface area contributed by atoms with Gasteiger partial charge in [0.05, 0.1) is 0 Å². The number of nitrogens with one attached hydrogen (secondary N) is 1. The number of hydrogen-bond acceptors (Lipinski definition) is 5. The summed E-state index contributed by atoms with van der Waals surface area (Å²) >= 11 is 3.32. The Kier molecular flexibility index (Phi) is 3.63. The first-order valence-corrected chi connectivity index (χ1v) is 7.73. The summed E-state index contributed by atoms with van der Waals surface area (Å²) in [4.78, 5) is 1.22. The van der Waals surface area contributed by atoms with Gasteiger partial charge in [0, 0.05) is 17.5 Å². The molecule has 1 heterocycles. The van der Waals surface area contributed by atoms with E-state index >= 15 is 0 Å². The van der Waals surface area contributed by atoms with Gasteiger partial charge in [-0.15, -0.1) is 10.2 Å². The molecule has 1 aliphatic carbocycles. The standard InChI is InChI=1S/C13H15N3S2/c1-9-15-16-13(17-9)18-12-6-2-10(3-7-12)8-14-11-4-5-11/h2-3,6-7,11,14H,4-5,8H2,1H3. The molecule has 0 bridgehead atoms. The van der Waals surface area contributed by atoms with Crippen LogP contribution in [0.25, 0.3) is 0 Å². The van der Waals surface area contributed by atoms with Crippen LogP contribution >= 0.6 is 23.1 Å². The molecule has 1 aromatic heterocycles. The number of rotatable bonds is 5. The molecule has 0 saturated heterocycles. The van der Waals surface area contributed by atoms with Gasteiger partial charge in [-0.05, 0) is 37.5 Å². The second-order valence-electron chi connectivity index (χ2n) is 4.49. The Bertz CT molecular complexity index is 517. The molecule has 1 saturated carbocycles. The van der Waals surface area contributed by atoms with E-state index in [9.17, 15) is 0 Å². The van der Waals surface area contributed by atoms with Crippen LogP contribution in [0.2, 0.25) is 0 Å². The number of hydrogen-bond donors (Lipinski definition) is 1. The van der Waals surface area contributed by atoms with E-state index in [4.69, 9.17) is 0 Å². The third kappa shape index (κ3) is 3.31. The number of aromatic nitrogens is 2. The first-order chi connectivity index (χ1) is 8.79. The second-order valence-corrected chi connectivity index (χ2v) is 6.99. The third-order valence-corrected chi connectivity index (χ3v) is 4.71. The summed E-state index contributed by atoms with van der Waals surface area (Å²) in [5.41, 5.74) is 1.35. The van der Waals surface area contributed by atoms with Crippen molar-refractivity contribution in [3.05, 3.63) is 34.8 Å². The number of aryl methyl sites for hydroxylation is 1. The Hall–Kier alpha value is -0.910. The molecule has 3 rings (SSSR count). The van der Waals surface area contributed by atoms with Crippen molar-refractivity contribution < 1.29 is 0 Å². The van der Waals surface area contributed by atoms with Crippen LogP contribution in [0.3, 0.4) is 0 Å². The molecule has 1 N–H and O–H groups in total. The maximum atomic E-state index is 4.12. The summed E-state index contributed by atoms with van der Waals surface area (Å²) in [6.07, 6.45) is 2.68. The van der Waals surface area contributed by atoms with E-state index in [1.54, 1.807) is 23.1 Å². The van der Waals surface area contributed by atoms with Crippen molar-refractivity contribution in [3.8, 4) is 0 Å². The van der Waals surface area contributed by atoms with Gasteiger partial charge in [0.1, 0.15) is 5.01 Å². The van der Waals surface area contributed by atoms with Crippen LogP contribution in [-0.4, -0.2) is 16.2 Å². The third-order valence-electron chi connectivity index (χ3n) is 2.81. The minimum Gasteiger partial charge on any atom is -0.310 e. The van der Waals surface area contributed by atoms with Gasteiger partial charge in [0.2, 0.25) is 0 Å². The minimum absolute atomic E-state index is 0.767. The Morgan fingerprint density at radius 2 is 2.06 bits per heavy atom. The molecule has 0 aliphatic heterocycles. The molecule has 0 radical (unpaired) electrons. The van der Waals surface area contributed by atoms with Crippen LogP contribution in [0.4, 0.5) is 0 Å². The quantitative estimate of drug-likeness (QED) is 0.910. The average Bonchev–Trinajstić information content (AvgIpc) is 3.12. The minimum atomic E-state index is 0.767. The molecule has 1 fully saturated rings. The van der Waals surface area contributed by atoms with Gasteiger partial charge in [-0.25, -0.2) is 0 Å². The molecule has 0 amide bonds. The molecule has 1 aliphatic rings. The van der Waals surface area contributed by atoms with Crippen molar-refractivity contribution in [2.24, 2.45) is 0 Å². The highest BCUT2D eigenvalue weighted by molar-refractivity contribution is 8.01. The van der Waals surface area contributed by atoms with Crippen molar-refractivity contribution >= 4 is 23.1 Å². The van der Waals surface area contributed by atoms with Crippen molar-refractivity contribution in [1.82, 2.24) is 15.5 Å². The van der Waals surface area contributed by atoms with E-state index in [2.05, 4.69) is 39.8 Å². The summed E-state index contributed by atoms with van der Waals surface area (Å²) in [5.74, 6) is 0. The van der Waals surface area contributed by atoms with E-state index in [1.807, 2.05) is 6.92 Å². The summed E-state index contributed by atoms with van der Waals surface area (Å²) in [6, 6.07) is 9.46. The van der Waals surface area contributed by atoms with Crippen LogP contribution in [0.15, 0.2) is 33.5 Å². The first-order valence-electron chi connectivity index (χ1n) is 6.10. The van der Waals surface area contributed by atoms with Gasteiger partial charge < -0.3 is 5.32 Å². The Morgan fingerprint density at radius 1 is 1.28 bits per heavy atom. The molecule has 0 spiro atoms. The van der Waals surface area contributed by atoms with E-state index in [1.165, 1.54) is 23.3 Å². The summed E-state index contributed by atoms with van der Waals surface area (Å²) in [6.45, 7) is 2.96. The monoisotopic (exact) mass is 277 g/mol. The van der Waals surface area contributed by atoms with Crippen molar-refractivity contribution in [2.75, 3.05) is 0 Å². The van der Waals surface area contributed by atoms with Gasteiger partial charge in [0.15, 0.2) is 4.34 Å². The zero-order valence-electron chi connectivity index (χ0n) is 10.2. The molecule has 3 nitrogen and oxygen atoms in total. The lowest BCUT2D eigenvalue weighted by atomic mass is 10.2. The lowest BCUT2D eigenvalue weighted by Crippen LogP contribution is -2.14. The lowest BCUT2D eigenvalue weighted by Gasteiger charge is -2.03. The fraction of sp³-hybridized carbons (Fsp3) is 0.385. The summed E-state index contributed by atoms with van der Waals surface area (Å²) in [5, 5.41) is 12.7. The zero-order valence-corrected chi connectivity index (χ0v) is 11.9. The smallest absolute Gasteiger partial charge is 0.179 e. The summed E-state index contributed by atoms with van der Waals surface area (Å²) in [7, 11) is 0. The molecule has 1 aromatic carbocycles. The van der Waals surface area contributed by atoms with Crippen molar-refractivity contribution in [1.29, 1.82) is 0 Å². The number of benzene rings is 1. The van der Waals surface area contributed by atoms with Crippen LogP contribution in [0.1, 0.15) is 23.4 Å². The zero-order chi connectivity index (χ0) is 12.4. The van der Waals surface area contributed by atoms with Crippen molar-refractivity contribution in [3.63, 3.8) is 0 Å². The fourth-order valence-electron chi connectivity index (χ4n) is 1.65. The Balaban J connectivity index is 1.59. The van der Waals surface area contributed by atoms with Crippen LogP contribution in [0, 0.1) is 6.92 Å². The van der Waals surface area contributed by atoms with Crippen molar-refractivity contribution in [2.45, 2.75) is 41.6 Å². The largest absolute Gasteiger partial charge is 0.310 e. The van der Waals surface area contributed by atoms with Gasteiger partial charge in [0.25, 0.3) is 0 Å². The molecule has 5 heteroatoms. The topological polar surface area (TPSA) is 37.8 Å². The highest BCUT2D eigenvalue weighted by Crippen LogP contribution is 2.30. The molecule has 2 aromatic rings. The molecular weight excluding hydrogens is 262 g/mol. The fourth-order valence-corrected chi connectivity index (χ4v) is 3.43. The first kappa shape index (κ1) is 12.1. The maximum absolute atomic E-state index is 4.12. The highest BCUT2D eigenvalue weighted by atomic mass is 32.2. The highest BCUT2D eigenvalue weighted by Gasteiger charge is 2.19. The second kappa shape index (κ2) is 5.38. The Morgan fingerprint density at radius 3 is 2.67 bits per heavy atom. The van der Waals surface area contributed by atoms with E-state index in [0.29, 0.717) is 0 Å². The molecule has 0 atom stereocenters. The SMILES string of the molecule is Cc1nnc(Sc2ccc(CNC3CC3)cc2)s1. The molecular formula is C13H15N3S2. The van der Waals surface area contributed by atoms with E-state index < -0.39 is 0 Å². The molecule has 94 valence electrons. The molecule has 0 unspecified atom stereocenters. The van der Waals surface area contributed by atoms with Crippen LogP contribution in [-0.2, 0) is 6.54 Å². The van der Waals surface area contributed by atoms with Gasteiger partial charge in [-0.1, -0.05) is 35.2 Å². The van der Waals surface area contributed by atoms with Gasteiger partial charge >= 0.3 is 0 Å². The predicted molar refractivity (Wildman–Crippen MR) is 75.1 cm³/mol. The van der Waals surface area contributed by atoms with Gasteiger partial charge in [-0.3, -0.25) is 0 Å². The number of nitrogens with zero attached hydrogens (tertiary/aromatic N) is 2. The predicted octanol–water partition coefficient (Wildman–Crippen LogP) is 3.25. The average molecular weight is 277 g/mol. The summed E-state index contributed by atoms with van der Waals surface area (Å²) < 4.78 is 1.01. The normalized spacial score (nSPS) is 14.9. The molecule has 18 heavy (non-hydrogen) atoms. The van der Waals surface area contributed by atoms with Gasteiger partial charge in [-0.2, -0.15) is 0 Å². The van der Waals surface area contributed by atoms with E-state index in [-0.39, 0.29) is 0 Å². The van der Waals surface area contributed by atoms with Crippen LogP contribution in [0.5, 0.6) is 0 Å². The van der Waals surface area contributed by atoms with E-state index in [0.717, 1.165) is 21.9 Å².